The monoisotopic (exact) mass is 278 g/mol. The van der Waals surface area contributed by atoms with Gasteiger partial charge in [0.2, 0.25) is 0 Å². The highest BCUT2D eigenvalue weighted by molar-refractivity contribution is 5.85. The number of ketones is 1. The number of hydrogen-bond acceptors (Lipinski definition) is 3. The molecule has 0 N–H and O–H groups in total. The van der Waals surface area contributed by atoms with Crippen LogP contribution >= 0.6 is 0 Å². The van der Waals surface area contributed by atoms with Crippen LogP contribution in [0.3, 0.4) is 0 Å². The average Bonchev–Trinajstić information content (AvgIpc) is 2.58. The average molecular weight is 278 g/mol. The van der Waals surface area contributed by atoms with Gasteiger partial charge >= 0.3 is 5.97 Å². The van der Waals surface area contributed by atoms with Crippen LogP contribution in [-0.4, -0.2) is 17.9 Å². The van der Waals surface area contributed by atoms with Crippen molar-refractivity contribution in [3.05, 3.63) is 0 Å². The lowest BCUT2D eigenvalue weighted by atomic mass is 9.38. The molecule has 0 aromatic heterocycles. The third kappa shape index (κ3) is 1.42. The van der Waals surface area contributed by atoms with E-state index in [0.29, 0.717) is 11.7 Å². The zero-order valence-electron chi connectivity index (χ0n) is 13.3. The molecule has 0 aromatic carbocycles. The number of hydrogen-bond donors (Lipinski definition) is 0. The first-order valence-electron chi connectivity index (χ1n) is 7.85. The van der Waals surface area contributed by atoms with Gasteiger partial charge in [-0.3, -0.25) is 9.59 Å². The molecule has 0 saturated heterocycles. The summed E-state index contributed by atoms with van der Waals surface area (Å²) in [4.78, 5) is 23.8. The Morgan fingerprint density at radius 2 is 1.90 bits per heavy atom. The minimum Gasteiger partial charge on any atom is -0.462 e. The van der Waals surface area contributed by atoms with Gasteiger partial charge in [-0.05, 0) is 36.0 Å². The van der Waals surface area contributed by atoms with E-state index >= 15 is 0 Å². The van der Waals surface area contributed by atoms with Crippen molar-refractivity contribution < 1.29 is 14.3 Å². The minimum absolute atomic E-state index is 0.00454. The third-order valence-corrected chi connectivity index (χ3v) is 7.48. The molecule has 4 aliphatic carbocycles. The number of fused-ring (bicyclic) bond motifs is 2. The number of rotatable bonds is 1. The summed E-state index contributed by atoms with van der Waals surface area (Å²) in [6, 6.07) is 0. The predicted octanol–water partition coefficient (Wildman–Crippen LogP) is 3.36. The number of Topliss-reactive ketones (excluding diaryl/α,β-unsaturated/α-hetero) is 1. The molecule has 0 amide bonds. The Morgan fingerprint density at radius 1 is 1.25 bits per heavy atom. The number of ether oxygens (including phenoxy) is 1. The Balaban J connectivity index is 2.08. The molecule has 3 nitrogen and oxygen atoms in total. The molecule has 0 radical (unpaired) electrons. The fourth-order valence-electron chi connectivity index (χ4n) is 5.72. The normalized spacial score (nSPS) is 49.0. The second-order valence-corrected chi connectivity index (χ2v) is 8.12. The Hall–Kier alpha value is -0.860. The summed E-state index contributed by atoms with van der Waals surface area (Å²) in [6.45, 7) is 10.4. The second-order valence-electron chi connectivity index (χ2n) is 8.12. The van der Waals surface area contributed by atoms with Gasteiger partial charge in [0, 0.05) is 24.7 Å². The number of esters is 1. The van der Waals surface area contributed by atoms with Crippen LogP contribution in [0.2, 0.25) is 0 Å². The van der Waals surface area contributed by atoms with Crippen LogP contribution in [0.4, 0.5) is 0 Å². The molecule has 1 spiro atoms. The maximum absolute atomic E-state index is 12.3. The fraction of sp³-hybridized carbons (Fsp3) is 0.882. The predicted molar refractivity (Wildman–Crippen MR) is 76.0 cm³/mol. The summed E-state index contributed by atoms with van der Waals surface area (Å²) in [6.07, 6.45) is 3.74. The van der Waals surface area contributed by atoms with E-state index in [0.717, 1.165) is 25.7 Å². The highest BCUT2D eigenvalue weighted by Gasteiger charge is 2.71. The van der Waals surface area contributed by atoms with Crippen LogP contribution in [0.5, 0.6) is 0 Å². The molecule has 2 bridgehead atoms. The topological polar surface area (TPSA) is 43.4 Å². The van der Waals surface area contributed by atoms with Crippen molar-refractivity contribution in [1.82, 2.24) is 0 Å². The van der Waals surface area contributed by atoms with Crippen molar-refractivity contribution in [3.63, 3.8) is 0 Å². The maximum Gasteiger partial charge on any atom is 0.302 e. The standard InChI is InChI=1S/C17H26O3/c1-10-12(19)8-13-15(3,4)16(5)6-7-17(10,13)9-14(16)20-11(2)18/h10,13-14H,6-9H2,1-5H3/t10?,13?,14-,16+,17-/m1/s1. The summed E-state index contributed by atoms with van der Waals surface area (Å²) >= 11 is 0. The summed E-state index contributed by atoms with van der Waals surface area (Å²) in [5.74, 6) is 0.790. The lowest BCUT2D eigenvalue weighted by Gasteiger charge is -2.67. The van der Waals surface area contributed by atoms with Crippen LogP contribution < -0.4 is 0 Å². The zero-order valence-corrected chi connectivity index (χ0v) is 13.3. The molecule has 20 heavy (non-hydrogen) atoms. The van der Waals surface area contributed by atoms with E-state index in [1.54, 1.807) is 0 Å². The van der Waals surface area contributed by atoms with Gasteiger partial charge in [0.05, 0.1) is 0 Å². The van der Waals surface area contributed by atoms with Crippen LogP contribution in [0.15, 0.2) is 0 Å². The second kappa shape index (κ2) is 3.86. The molecule has 0 heterocycles. The van der Waals surface area contributed by atoms with Crippen molar-refractivity contribution >= 4 is 11.8 Å². The van der Waals surface area contributed by atoms with Crippen molar-refractivity contribution in [2.75, 3.05) is 0 Å². The van der Waals surface area contributed by atoms with E-state index in [-0.39, 0.29) is 34.2 Å². The molecule has 4 rings (SSSR count). The molecule has 3 heteroatoms. The van der Waals surface area contributed by atoms with Crippen LogP contribution in [0.1, 0.15) is 60.3 Å². The van der Waals surface area contributed by atoms with E-state index in [1.165, 1.54) is 6.92 Å². The smallest absolute Gasteiger partial charge is 0.302 e. The zero-order chi connectivity index (χ0) is 14.9. The quantitative estimate of drug-likeness (QED) is 0.691. The van der Waals surface area contributed by atoms with E-state index in [2.05, 4.69) is 27.7 Å². The first-order valence-corrected chi connectivity index (χ1v) is 7.85. The summed E-state index contributed by atoms with van der Waals surface area (Å²) < 4.78 is 5.70. The van der Waals surface area contributed by atoms with Gasteiger partial charge in [0.1, 0.15) is 11.9 Å². The highest BCUT2D eigenvalue weighted by Crippen LogP contribution is 2.73. The van der Waals surface area contributed by atoms with Gasteiger partial charge in [-0.25, -0.2) is 0 Å². The Morgan fingerprint density at radius 3 is 2.50 bits per heavy atom. The fourth-order valence-corrected chi connectivity index (χ4v) is 5.72. The number of carbonyl (C=O) groups is 2. The number of carbonyl (C=O) groups excluding carboxylic acids is 2. The Labute approximate surface area is 121 Å². The van der Waals surface area contributed by atoms with Gasteiger partial charge in [0.25, 0.3) is 0 Å². The summed E-state index contributed by atoms with van der Waals surface area (Å²) in [5.41, 5.74) is 0.109. The molecule has 4 fully saturated rings. The van der Waals surface area contributed by atoms with Gasteiger partial charge in [-0.1, -0.05) is 27.7 Å². The van der Waals surface area contributed by atoms with Gasteiger partial charge < -0.3 is 4.74 Å². The van der Waals surface area contributed by atoms with E-state index < -0.39 is 0 Å². The molecule has 112 valence electrons. The van der Waals surface area contributed by atoms with Gasteiger partial charge in [-0.2, -0.15) is 0 Å². The van der Waals surface area contributed by atoms with E-state index in [9.17, 15) is 9.59 Å². The lowest BCUT2D eigenvalue weighted by molar-refractivity contribution is -0.234. The lowest BCUT2D eigenvalue weighted by Crippen LogP contribution is -2.64. The Bertz CT molecular complexity index is 481. The first-order chi connectivity index (χ1) is 9.15. The maximum atomic E-state index is 12.3. The van der Waals surface area contributed by atoms with Crippen molar-refractivity contribution in [2.45, 2.75) is 66.4 Å². The molecular formula is C17H26O3. The molecule has 4 saturated carbocycles. The van der Waals surface area contributed by atoms with Crippen molar-refractivity contribution in [2.24, 2.45) is 28.1 Å². The first kappa shape index (κ1) is 14.1. The molecule has 0 aromatic rings. The summed E-state index contributed by atoms with van der Waals surface area (Å²) in [7, 11) is 0. The van der Waals surface area contributed by atoms with Crippen molar-refractivity contribution in [1.29, 1.82) is 0 Å². The van der Waals surface area contributed by atoms with Crippen LogP contribution in [-0.2, 0) is 14.3 Å². The van der Waals surface area contributed by atoms with Gasteiger partial charge in [0.15, 0.2) is 0 Å². The molecule has 2 unspecified atom stereocenters. The van der Waals surface area contributed by atoms with Crippen LogP contribution in [0.25, 0.3) is 0 Å². The summed E-state index contributed by atoms with van der Waals surface area (Å²) in [5, 5.41) is 0. The minimum atomic E-state index is -0.190. The van der Waals surface area contributed by atoms with Gasteiger partial charge in [-0.15, -0.1) is 0 Å². The third-order valence-electron chi connectivity index (χ3n) is 7.48. The molecule has 5 atom stereocenters. The molecular weight excluding hydrogens is 252 g/mol. The van der Waals surface area contributed by atoms with Crippen LogP contribution in [0, 0.1) is 28.1 Å². The van der Waals surface area contributed by atoms with E-state index in [1.807, 2.05) is 0 Å². The SMILES string of the molecule is CC(=O)O[C@@H]1C[C@@]23CC[C@]1(C)C(C)(C)C2CC(=O)C3C. The Kier molecular flexibility index (Phi) is 2.72. The largest absolute Gasteiger partial charge is 0.462 e. The molecule has 0 aliphatic heterocycles. The van der Waals surface area contributed by atoms with Crippen molar-refractivity contribution in [3.8, 4) is 0 Å². The van der Waals surface area contributed by atoms with E-state index in [4.69, 9.17) is 4.74 Å². The molecule has 4 aliphatic rings. The highest BCUT2D eigenvalue weighted by atomic mass is 16.5.